The van der Waals surface area contributed by atoms with Crippen molar-refractivity contribution in [3.63, 3.8) is 0 Å². The molecule has 0 saturated carbocycles. The van der Waals surface area contributed by atoms with Gasteiger partial charge in [0, 0.05) is 27.3 Å². The Balaban J connectivity index is 0. The first-order valence-electron chi connectivity index (χ1n) is 4.36. The van der Waals surface area contributed by atoms with Gasteiger partial charge in [0.1, 0.15) is 0 Å². The topological polar surface area (TPSA) is 0 Å². The van der Waals surface area contributed by atoms with E-state index in [0.29, 0.717) is 0 Å². The summed E-state index contributed by atoms with van der Waals surface area (Å²) in [6.45, 7) is 9.56. The molecule has 0 nitrogen and oxygen atoms in total. The van der Waals surface area contributed by atoms with E-state index in [2.05, 4.69) is 26.9 Å². The van der Waals surface area contributed by atoms with E-state index in [9.17, 15) is 0 Å². The lowest BCUT2D eigenvalue weighted by Crippen LogP contribution is -1.92. The summed E-state index contributed by atoms with van der Waals surface area (Å²) in [6.07, 6.45) is 7.20. The summed E-state index contributed by atoms with van der Waals surface area (Å²) in [6, 6.07) is 0. The summed E-state index contributed by atoms with van der Waals surface area (Å²) in [7, 11) is -0.456. The van der Waals surface area contributed by atoms with E-state index in [0.717, 1.165) is 0 Å². The highest BCUT2D eigenvalue weighted by Gasteiger charge is 2.14. The Morgan fingerprint density at radius 3 is 1.82 bits per heavy atom. The normalized spacial score (nSPS) is 10.9. The van der Waals surface area contributed by atoms with Crippen molar-refractivity contribution in [2.75, 3.05) is 26.2 Å². The number of halogens is 1. The van der Waals surface area contributed by atoms with Crippen molar-refractivity contribution >= 4 is 7.26 Å². The van der Waals surface area contributed by atoms with Gasteiger partial charge in [0.15, 0.2) is 0 Å². The molecule has 0 spiro atoms. The van der Waals surface area contributed by atoms with E-state index in [1.54, 1.807) is 0 Å². The summed E-state index contributed by atoms with van der Waals surface area (Å²) in [4.78, 5) is 0. The molecule has 0 bridgehead atoms. The molecular formula is C9H23FP+. The maximum atomic E-state index is 2.43. The fourth-order valence-electron chi connectivity index (χ4n) is 1.01. The molecule has 0 rings (SSSR count). The largest absolute Gasteiger partial charge is 0.269 e. The second-order valence-electron chi connectivity index (χ2n) is 4.07. The van der Waals surface area contributed by atoms with Gasteiger partial charge in [-0.25, -0.2) is 0 Å². The average Bonchev–Trinajstić information content (AvgIpc) is 1.78. The molecule has 0 aliphatic rings. The third kappa shape index (κ3) is 13.4. The van der Waals surface area contributed by atoms with Crippen molar-refractivity contribution in [2.45, 2.75) is 32.6 Å². The van der Waals surface area contributed by atoms with Crippen LogP contribution in [0.3, 0.4) is 0 Å². The van der Waals surface area contributed by atoms with Crippen LogP contribution in [0.25, 0.3) is 0 Å². The molecule has 0 aromatic heterocycles. The molecule has 0 atom stereocenters. The molecule has 0 aromatic rings. The molecule has 70 valence electrons. The molecule has 0 aliphatic heterocycles. The Hall–Kier alpha value is 0.360. The number of rotatable bonds is 5. The van der Waals surface area contributed by atoms with Gasteiger partial charge in [-0.15, -0.1) is 0 Å². The monoisotopic (exact) mass is 181 g/mol. The van der Waals surface area contributed by atoms with Crippen LogP contribution in [0.1, 0.15) is 32.6 Å². The summed E-state index contributed by atoms with van der Waals surface area (Å²) in [5, 5.41) is 0. The van der Waals surface area contributed by atoms with E-state index >= 15 is 0 Å². The zero-order chi connectivity index (χ0) is 8.04. The van der Waals surface area contributed by atoms with Crippen LogP contribution in [0.4, 0.5) is 4.70 Å². The maximum absolute atomic E-state index is 2.43. The minimum absolute atomic E-state index is 0. The minimum atomic E-state index is -0.456. The van der Waals surface area contributed by atoms with Gasteiger partial charge in [-0.1, -0.05) is 19.8 Å². The SMILES string of the molecule is CCCCCC[P+](C)(C)C.F. The highest BCUT2D eigenvalue weighted by molar-refractivity contribution is 7.73. The van der Waals surface area contributed by atoms with Gasteiger partial charge in [-0.2, -0.15) is 0 Å². The highest BCUT2D eigenvalue weighted by Crippen LogP contribution is 2.47. The second kappa shape index (κ2) is 7.03. The lowest BCUT2D eigenvalue weighted by atomic mass is 10.2. The van der Waals surface area contributed by atoms with Gasteiger partial charge in [0.2, 0.25) is 0 Å². The van der Waals surface area contributed by atoms with Crippen molar-refractivity contribution in [3.05, 3.63) is 0 Å². The van der Waals surface area contributed by atoms with Crippen molar-refractivity contribution in [2.24, 2.45) is 0 Å². The van der Waals surface area contributed by atoms with Crippen LogP contribution in [-0.4, -0.2) is 26.2 Å². The number of hydrogen-bond donors (Lipinski definition) is 0. The maximum Gasteiger partial charge on any atom is 0.0586 e. The van der Waals surface area contributed by atoms with Crippen LogP contribution < -0.4 is 0 Å². The first-order chi connectivity index (χ1) is 4.56. The summed E-state index contributed by atoms with van der Waals surface area (Å²) >= 11 is 0. The van der Waals surface area contributed by atoms with E-state index in [4.69, 9.17) is 0 Å². The Bertz CT molecular complexity index is 76.1. The van der Waals surface area contributed by atoms with Crippen molar-refractivity contribution in [3.8, 4) is 0 Å². The van der Waals surface area contributed by atoms with E-state index in [1.165, 1.54) is 31.8 Å². The van der Waals surface area contributed by atoms with Crippen LogP contribution >= 0.6 is 7.26 Å². The lowest BCUT2D eigenvalue weighted by molar-refractivity contribution is 0.704. The van der Waals surface area contributed by atoms with Gasteiger partial charge in [-0.05, 0) is 12.8 Å². The molecule has 0 amide bonds. The smallest absolute Gasteiger partial charge is 0.0586 e. The van der Waals surface area contributed by atoms with Gasteiger partial charge in [0.25, 0.3) is 0 Å². The second-order valence-corrected chi connectivity index (χ2v) is 9.10. The molecule has 0 saturated heterocycles. The van der Waals surface area contributed by atoms with Crippen molar-refractivity contribution in [1.82, 2.24) is 0 Å². The van der Waals surface area contributed by atoms with Gasteiger partial charge in [-0.3, -0.25) is 4.70 Å². The standard InChI is InChI=1S/C9H22P.FH/c1-5-6-7-8-9-10(2,3)4;/h5-9H2,1-4H3;1H/q+1;. The summed E-state index contributed by atoms with van der Waals surface area (Å²) in [5.41, 5.74) is 0. The average molecular weight is 181 g/mol. The van der Waals surface area contributed by atoms with Gasteiger partial charge in [0.05, 0.1) is 6.16 Å². The van der Waals surface area contributed by atoms with Crippen molar-refractivity contribution < 1.29 is 4.70 Å². The van der Waals surface area contributed by atoms with Crippen LogP contribution in [0.2, 0.25) is 0 Å². The molecule has 0 aliphatic carbocycles. The van der Waals surface area contributed by atoms with Crippen molar-refractivity contribution in [1.29, 1.82) is 0 Å². The molecule has 0 radical (unpaired) electrons. The van der Waals surface area contributed by atoms with E-state index in [-0.39, 0.29) is 4.70 Å². The molecule has 11 heavy (non-hydrogen) atoms. The Kier molecular flexibility index (Phi) is 8.90. The minimum Gasteiger partial charge on any atom is -0.269 e. The third-order valence-corrected chi connectivity index (χ3v) is 3.34. The molecule has 0 heterocycles. The Morgan fingerprint density at radius 2 is 1.45 bits per heavy atom. The fourth-order valence-corrected chi connectivity index (χ4v) is 2.19. The van der Waals surface area contributed by atoms with E-state index < -0.39 is 7.26 Å². The van der Waals surface area contributed by atoms with Crippen LogP contribution in [0, 0.1) is 0 Å². The molecule has 0 N–H and O–H groups in total. The molecule has 2 heteroatoms. The van der Waals surface area contributed by atoms with Gasteiger partial charge >= 0.3 is 0 Å². The van der Waals surface area contributed by atoms with E-state index in [1.807, 2.05) is 0 Å². The van der Waals surface area contributed by atoms with Crippen LogP contribution in [-0.2, 0) is 0 Å². The third-order valence-electron chi connectivity index (χ3n) is 1.68. The predicted octanol–water partition coefficient (Wildman–Crippen LogP) is 3.63. The van der Waals surface area contributed by atoms with Crippen LogP contribution in [0.5, 0.6) is 0 Å². The molecule has 0 unspecified atom stereocenters. The molecular weight excluding hydrogens is 158 g/mol. The quantitative estimate of drug-likeness (QED) is 0.449. The number of unbranched alkanes of at least 4 members (excludes halogenated alkanes) is 3. The molecule has 0 aromatic carbocycles. The van der Waals surface area contributed by atoms with Crippen LogP contribution in [0.15, 0.2) is 0 Å². The lowest BCUT2D eigenvalue weighted by Gasteiger charge is -2.10. The van der Waals surface area contributed by atoms with Gasteiger partial charge < -0.3 is 0 Å². The first kappa shape index (κ1) is 13.9. The predicted molar refractivity (Wildman–Crippen MR) is 56.2 cm³/mol. The summed E-state index contributed by atoms with van der Waals surface area (Å²) < 4.78 is 0. The molecule has 0 fully saturated rings. The number of hydrogen-bond acceptors (Lipinski definition) is 0. The Labute approximate surface area is 71.5 Å². The first-order valence-corrected chi connectivity index (χ1v) is 7.68. The fraction of sp³-hybridized carbons (Fsp3) is 1.00. The Morgan fingerprint density at radius 1 is 0.909 bits per heavy atom. The highest BCUT2D eigenvalue weighted by atomic mass is 31.2. The summed E-state index contributed by atoms with van der Waals surface area (Å²) in [5.74, 6) is 0. The zero-order valence-electron chi connectivity index (χ0n) is 8.39. The zero-order valence-corrected chi connectivity index (χ0v) is 9.29.